The highest BCUT2D eigenvalue weighted by Crippen LogP contribution is 2.21. The van der Waals surface area contributed by atoms with Crippen LogP contribution >= 0.6 is 0 Å². The van der Waals surface area contributed by atoms with Gasteiger partial charge in [-0.05, 0) is 48.0 Å². The highest BCUT2D eigenvalue weighted by Gasteiger charge is 2.24. The lowest BCUT2D eigenvalue weighted by atomic mass is 10.2. The van der Waals surface area contributed by atoms with E-state index in [1.807, 2.05) is 0 Å². The number of carbonyl (C=O) groups excluding carboxylic acids is 1. The van der Waals surface area contributed by atoms with Gasteiger partial charge in [0.2, 0.25) is 5.90 Å². The Kier molecular flexibility index (Phi) is 3.89. The summed E-state index contributed by atoms with van der Waals surface area (Å²) in [6.45, 7) is 0. The van der Waals surface area contributed by atoms with Gasteiger partial charge in [-0.15, -0.1) is 0 Å². The van der Waals surface area contributed by atoms with Gasteiger partial charge in [-0.3, -0.25) is 0 Å². The molecule has 3 rings (SSSR count). The van der Waals surface area contributed by atoms with Crippen LogP contribution in [0.3, 0.4) is 0 Å². The number of methoxy groups -OCH3 is 1. The molecule has 1 aliphatic rings. The SMILES string of the molecule is COc1ccc(C2=N/C(=C\c3ccc(F)c(F)c3)C(=O)O2)cc1. The predicted octanol–water partition coefficient (Wildman–Crippen LogP) is 3.32. The second kappa shape index (κ2) is 6.00. The van der Waals surface area contributed by atoms with Crippen LogP contribution in [-0.2, 0) is 9.53 Å². The van der Waals surface area contributed by atoms with E-state index in [1.54, 1.807) is 31.4 Å². The molecule has 0 saturated heterocycles. The van der Waals surface area contributed by atoms with Gasteiger partial charge in [-0.2, -0.15) is 0 Å². The summed E-state index contributed by atoms with van der Waals surface area (Å²) in [6, 6.07) is 10.1. The van der Waals surface area contributed by atoms with Gasteiger partial charge < -0.3 is 9.47 Å². The third-order valence-electron chi connectivity index (χ3n) is 3.20. The van der Waals surface area contributed by atoms with Crippen LogP contribution in [0, 0.1) is 11.6 Å². The summed E-state index contributed by atoms with van der Waals surface area (Å²) in [4.78, 5) is 15.9. The molecule has 0 fully saturated rings. The van der Waals surface area contributed by atoms with Crippen LogP contribution in [0.5, 0.6) is 5.75 Å². The molecule has 1 aliphatic heterocycles. The van der Waals surface area contributed by atoms with Gasteiger partial charge >= 0.3 is 5.97 Å². The lowest BCUT2D eigenvalue weighted by Gasteiger charge is -2.01. The maximum atomic E-state index is 13.2. The minimum atomic E-state index is -0.995. The molecule has 6 heteroatoms. The minimum Gasteiger partial charge on any atom is -0.497 e. The first-order chi connectivity index (χ1) is 11.1. The van der Waals surface area contributed by atoms with Crippen LogP contribution in [0.1, 0.15) is 11.1 Å². The first kappa shape index (κ1) is 14.9. The molecule has 0 unspecified atom stereocenters. The summed E-state index contributed by atoms with van der Waals surface area (Å²) in [5, 5.41) is 0. The lowest BCUT2D eigenvalue weighted by Crippen LogP contribution is -2.05. The van der Waals surface area contributed by atoms with Crippen molar-refractivity contribution in [2.24, 2.45) is 4.99 Å². The lowest BCUT2D eigenvalue weighted by molar-refractivity contribution is -0.129. The van der Waals surface area contributed by atoms with Gasteiger partial charge in [0.15, 0.2) is 17.3 Å². The molecular formula is C17H11F2NO3. The van der Waals surface area contributed by atoms with E-state index in [9.17, 15) is 13.6 Å². The molecule has 0 amide bonds. The minimum absolute atomic E-state index is 0.0156. The molecule has 116 valence electrons. The molecule has 4 nitrogen and oxygen atoms in total. The van der Waals surface area contributed by atoms with Gasteiger partial charge in [0.05, 0.1) is 7.11 Å². The van der Waals surface area contributed by atoms with Crippen LogP contribution in [0.15, 0.2) is 53.2 Å². The summed E-state index contributed by atoms with van der Waals surface area (Å²) in [6.07, 6.45) is 1.33. The van der Waals surface area contributed by atoms with Crippen molar-refractivity contribution in [3.05, 3.63) is 70.9 Å². The molecule has 23 heavy (non-hydrogen) atoms. The summed E-state index contributed by atoms with van der Waals surface area (Å²) >= 11 is 0. The zero-order valence-corrected chi connectivity index (χ0v) is 12.0. The van der Waals surface area contributed by atoms with E-state index < -0.39 is 17.6 Å². The number of benzene rings is 2. The van der Waals surface area contributed by atoms with Gasteiger partial charge in [-0.1, -0.05) is 6.07 Å². The average molecular weight is 315 g/mol. The van der Waals surface area contributed by atoms with Crippen LogP contribution in [0.25, 0.3) is 6.08 Å². The molecule has 0 saturated carbocycles. The fourth-order valence-corrected chi connectivity index (χ4v) is 2.03. The summed E-state index contributed by atoms with van der Waals surface area (Å²) < 4.78 is 36.2. The fourth-order valence-electron chi connectivity index (χ4n) is 2.03. The summed E-state index contributed by atoms with van der Waals surface area (Å²) in [7, 11) is 1.55. The van der Waals surface area contributed by atoms with Gasteiger partial charge in [0.1, 0.15) is 5.75 Å². The number of hydrogen-bond acceptors (Lipinski definition) is 4. The first-order valence-electron chi connectivity index (χ1n) is 6.69. The number of carbonyl (C=O) groups is 1. The van der Waals surface area contributed by atoms with Crippen LogP contribution in [0.2, 0.25) is 0 Å². The molecule has 1 heterocycles. The molecule has 0 atom stereocenters. The Morgan fingerprint density at radius 3 is 2.48 bits per heavy atom. The Balaban J connectivity index is 1.90. The van der Waals surface area contributed by atoms with Crippen LogP contribution in [-0.4, -0.2) is 19.0 Å². The third kappa shape index (κ3) is 3.11. The third-order valence-corrected chi connectivity index (χ3v) is 3.20. The molecule has 0 N–H and O–H groups in total. The number of ether oxygens (including phenoxy) is 2. The van der Waals surface area contributed by atoms with Crippen molar-refractivity contribution in [2.45, 2.75) is 0 Å². The normalized spacial score (nSPS) is 15.5. The predicted molar refractivity (Wildman–Crippen MR) is 80.0 cm³/mol. The zero-order valence-electron chi connectivity index (χ0n) is 12.0. The van der Waals surface area contributed by atoms with Gasteiger partial charge in [0.25, 0.3) is 0 Å². The number of hydrogen-bond donors (Lipinski definition) is 0. The number of aliphatic imine (C=N–C) groups is 1. The van der Waals surface area contributed by atoms with E-state index in [-0.39, 0.29) is 11.6 Å². The number of esters is 1. The molecule has 2 aromatic rings. The average Bonchev–Trinajstić information content (AvgIpc) is 2.92. The van der Waals surface area contributed by atoms with Gasteiger partial charge in [0, 0.05) is 5.56 Å². The van der Waals surface area contributed by atoms with Gasteiger partial charge in [-0.25, -0.2) is 18.6 Å². The van der Waals surface area contributed by atoms with E-state index in [2.05, 4.69) is 4.99 Å². The topological polar surface area (TPSA) is 47.9 Å². The summed E-state index contributed by atoms with van der Waals surface area (Å²) in [5.41, 5.74) is 0.935. The Morgan fingerprint density at radius 1 is 1.09 bits per heavy atom. The first-order valence-corrected chi connectivity index (χ1v) is 6.69. The standard InChI is InChI=1S/C17H11F2NO3/c1-22-12-5-3-11(4-6-12)16-20-15(17(21)23-16)9-10-2-7-13(18)14(19)8-10/h2-9H,1H3/b15-9-. The largest absolute Gasteiger partial charge is 0.497 e. The smallest absolute Gasteiger partial charge is 0.363 e. The van der Waals surface area contributed by atoms with E-state index in [0.717, 1.165) is 12.1 Å². The highest BCUT2D eigenvalue weighted by molar-refractivity contribution is 6.12. The van der Waals surface area contributed by atoms with Crippen LogP contribution < -0.4 is 4.74 Å². The molecule has 0 radical (unpaired) electrons. The summed E-state index contributed by atoms with van der Waals surface area (Å²) in [5.74, 6) is -1.79. The molecule has 2 aromatic carbocycles. The quantitative estimate of drug-likeness (QED) is 0.645. The van der Waals surface area contributed by atoms with Crippen molar-refractivity contribution < 1.29 is 23.0 Å². The maximum absolute atomic E-state index is 13.2. The van der Waals surface area contributed by atoms with E-state index in [1.165, 1.54) is 12.1 Å². The second-order valence-electron chi connectivity index (χ2n) is 4.74. The van der Waals surface area contributed by atoms with Crippen molar-refractivity contribution in [1.29, 1.82) is 0 Å². The number of halogens is 2. The molecule has 0 aromatic heterocycles. The number of nitrogens with zero attached hydrogens (tertiary/aromatic N) is 1. The van der Waals surface area contributed by atoms with Crippen molar-refractivity contribution in [3.63, 3.8) is 0 Å². The number of rotatable bonds is 3. The Bertz CT molecular complexity index is 826. The Hall–Kier alpha value is -3.02. The van der Waals surface area contributed by atoms with E-state index in [0.29, 0.717) is 16.9 Å². The van der Waals surface area contributed by atoms with E-state index >= 15 is 0 Å². The van der Waals surface area contributed by atoms with Crippen molar-refractivity contribution in [1.82, 2.24) is 0 Å². The maximum Gasteiger partial charge on any atom is 0.363 e. The molecule has 0 spiro atoms. The Morgan fingerprint density at radius 2 is 1.83 bits per heavy atom. The second-order valence-corrected chi connectivity index (χ2v) is 4.74. The van der Waals surface area contributed by atoms with Crippen LogP contribution in [0.4, 0.5) is 8.78 Å². The number of cyclic esters (lactones) is 1. The Labute approximate surface area is 130 Å². The fraction of sp³-hybridized carbons (Fsp3) is 0.0588. The molecular weight excluding hydrogens is 304 g/mol. The van der Waals surface area contributed by atoms with Crippen molar-refractivity contribution >= 4 is 17.9 Å². The monoisotopic (exact) mass is 315 g/mol. The molecule has 0 aliphatic carbocycles. The highest BCUT2D eigenvalue weighted by atomic mass is 19.2. The van der Waals surface area contributed by atoms with E-state index in [4.69, 9.17) is 9.47 Å². The van der Waals surface area contributed by atoms with Crippen molar-refractivity contribution in [2.75, 3.05) is 7.11 Å². The van der Waals surface area contributed by atoms with Crippen molar-refractivity contribution in [3.8, 4) is 5.75 Å². The molecule has 0 bridgehead atoms. The zero-order chi connectivity index (χ0) is 16.4.